The molecule has 4 rings (SSSR count). The summed E-state index contributed by atoms with van der Waals surface area (Å²) in [6.45, 7) is 1.66. The van der Waals surface area contributed by atoms with E-state index in [9.17, 15) is 4.79 Å². The average molecular weight is 338 g/mol. The summed E-state index contributed by atoms with van der Waals surface area (Å²) in [5.41, 5.74) is 14.9. The topological polar surface area (TPSA) is 137 Å². The van der Waals surface area contributed by atoms with Crippen LogP contribution >= 0.6 is 0 Å². The van der Waals surface area contributed by atoms with Gasteiger partial charge in [-0.25, -0.2) is 4.63 Å². The number of rotatable bonds is 4. The number of fused-ring (bicyclic) bond motifs is 1. The minimum absolute atomic E-state index is 0.0133. The van der Waals surface area contributed by atoms with Crippen molar-refractivity contribution in [3.63, 3.8) is 0 Å². The normalized spacial score (nSPS) is 12.6. The van der Waals surface area contributed by atoms with Crippen molar-refractivity contribution in [2.24, 2.45) is 0 Å². The van der Waals surface area contributed by atoms with Gasteiger partial charge in [0.25, 0.3) is 5.91 Å². The number of carbonyl (C=O) groups excluding carboxylic acids is 1. The molecule has 0 unspecified atom stereocenters. The molecule has 0 radical (unpaired) electrons. The standard InChI is InChI=1S/C15H14N8O2/c1-8-12(23(22-17-8)14-13(16)20-25-21-14)15(24)19-18-11-7-6-9-4-2-3-5-10(9)11/h2-5,7,18H,6H2,1H3,(H2,16,20)(H,19,24). The molecule has 2 aromatic heterocycles. The van der Waals surface area contributed by atoms with Crippen LogP contribution in [0.15, 0.2) is 35.0 Å². The predicted octanol–water partition coefficient (Wildman–Crippen LogP) is 0.373. The molecule has 1 amide bonds. The number of nitrogens with two attached hydrogens (primary N) is 1. The second kappa shape index (κ2) is 5.74. The number of amides is 1. The first kappa shape index (κ1) is 14.9. The lowest BCUT2D eigenvalue weighted by Gasteiger charge is -2.11. The zero-order valence-electron chi connectivity index (χ0n) is 13.2. The number of carbonyl (C=O) groups is 1. The van der Waals surface area contributed by atoms with Gasteiger partial charge in [-0.1, -0.05) is 35.6 Å². The van der Waals surface area contributed by atoms with E-state index in [1.165, 1.54) is 10.2 Å². The monoisotopic (exact) mass is 338 g/mol. The first-order valence-corrected chi connectivity index (χ1v) is 7.50. The fraction of sp³-hybridized carbons (Fsp3) is 0.133. The van der Waals surface area contributed by atoms with Crippen LogP contribution in [0, 0.1) is 6.92 Å². The molecule has 10 nitrogen and oxygen atoms in total. The van der Waals surface area contributed by atoms with E-state index in [0.29, 0.717) is 5.69 Å². The van der Waals surface area contributed by atoms with Gasteiger partial charge in [0.15, 0.2) is 5.69 Å². The van der Waals surface area contributed by atoms with Gasteiger partial charge in [0.2, 0.25) is 11.6 Å². The van der Waals surface area contributed by atoms with Gasteiger partial charge in [-0.15, -0.1) is 5.10 Å². The highest BCUT2D eigenvalue weighted by molar-refractivity contribution is 5.94. The highest BCUT2D eigenvalue weighted by Crippen LogP contribution is 2.24. The van der Waals surface area contributed by atoms with Gasteiger partial charge in [-0.3, -0.25) is 15.6 Å². The third kappa shape index (κ3) is 2.49. The predicted molar refractivity (Wildman–Crippen MR) is 87.1 cm³/mol. The molecule has 0 atom stereocenters. The summed E-state index contributed by atoms with van der Waals surface area (Å²) in [5, 5.41) is 14.9. The molecule has 0 saturated carbocycles. The Balaban J connectivity index is 1.55. The lowest BCUT2D eigenvalue weighted by molar-refractivity contribution is 0.0933. The van der Waals surface area contributed by atoms with Gasteiger partial charge >= 0.3 is 0 Å². The van der Waals surface area contributed by atoms with Crippen LogP contribution in [0.1, 0.15) is 27.3 Å². The lowest BCUT2D eigenvalue weighted by Crippen LogP contribution is -2.37. The number of aromatic nitrogens is 5. The van der Waals surface area contributed by atoms with Crippen LogP contribution in [0.25, 0.3) is 11.5 Å². The Bertz CT molecular complexity index is 987. The zero-order valence-corrected chi connectivity index (χ0v) is 13.2. The number of nitrogens with one attached hydrogen (secondary N) is 2. The molecule has 10 heteroatoms. The number of benzene rings is 1. The van der Waals surface area contributed by atoms with Crippen molar-refractivity contribution >= 4 is 17.4 Å². The van der Waals surface area contributed by atoms with Gasteiger partial charge in [0.05, 0.1) is 11.4 Å². The summed E-state index contributed by atoms with van der Waals surface area (Å²) < 4.78 is 5.74. The van der Waals surface area contributed by atoms with Crippen LogP contribution in [0.4, 0.5) is 5.82 Å². The van der Waals surface area contributed by atoms with E-state index < -0.39 is 5.91 Å². The summed E-state index contributed by atoms with van der Waals surface area (Å²) >= 11 is 0. The summed E-state index contributed by atoms with van der Waals surface area (Å²) in [6, 6.07) is 7.97. The minimum atomic E-state index is -0.435. The number of anilines is 1. The van der Waals surface area contributed by atoms with Crippen molar-refractivity contribution in [2.45, 2.75) is 13.3 Å². The van der Waals surface area contributed by atoms with E-state index in [1.807, 2.05) is 30.3 Å². The van der Waals surface area contributed by atoms with Crippen LogP contribution in [0.5, 0.6) is 0 Å². The molecular formula is C15H14N8O2. The van der Waals surface area contributed by atoms with Gasteiger partial charge in [0, 0.05) is 5.56 Å². The fourth-order valence-electron chi connectivity index (χ4n) is 2.69. The molecule has 1 aliphatic carbocycles. The molecule has 0 bridgehead atoms. The van der Waals surface area contributed by atoms with Crippen molar-refractivity contribution in [3.8, 4) is 5.82 Å². The van der Waals surface area contributed by atoms with Crippen LogP contribution in [0.2, 0.25) is 0 Å². The Kier molecular flexibility index (Phi) is 3.42. The molecule has 1 aromatic carbocycles. The molecule has 0 aliphatic heterocycles. The third-order valence-electron chi connectivity index (χ3n) is 3.89. The second-order valence-electron chi connectivity index (χ2n) is 5.47. The third-order valence-corrected chi connectivity index (χ3v) is 3.89. The Morgan fingerprint density at radius 1 is 1.32 bits per heavy atom. The van der Waals surface area contributed by atoms with E-state index in [2.05, 4.69) is 36.1 Å². The van der Waals surface area contributed by atoms with Gasteiger partial charge in [0.1, 0.15) is 0 Å². The van der Waals surface area contributed by atoms with E-state index in [1.54, 1.807) is 6.92 Å². The molecule has 0 spiro atoms. The van der Waals surface area contributed by atoms with Crippen LogP contribution in [-0.4, -0.2) is 31.2 Å². The van der Waals surface area contributed by atoms with Gasteiger partial charge in [-0.05, 0) is 29.2 Å². The number of allylic oxidation sites excluding steroid dienone is 1. The van der Waals surface area contributed by atoms with Crippen LogP contribution in [0.3, 0.4) is 0 Å². The summed E-state index contributed by atoms with van der Waals surface area (Å²) in [5.74, 6) is -0.314. The van der Waals surface area contributed by atoms with E-state index in [-0.39, 0.29) is 17.3 Å². The number of hydrazine groups is 1. The van der Waals surface area contributed by atoms with Crippen LogP contribution in [-0.2, 0) is 6.42 Å². The number of hydrogen-bond donors (Lipinski definition) is 3. The van der Waals surface area contributed by atoms with Crippen molar-refractivity contribution < 1.29 is 9.42 Å². The lowest BCUT2D eigenvalue weighted by atomic mass is 10.1. The fourth-order valence-corrected chi connectivity index (χ4v) is 2.69. The number of aryl methyl sites for hydroxylation is 1. The summed E-state index contributed by atoms with van der Waals surface area (Å²) in [7, 11) is 0. The number of nitrogen functional groups attached to an aromatic ring is 1. The quantitative estimate of drug-likeness (QED) is 0.580. The Morgan fingerprint density at radius 2 is 2.16 bits per heavy atom. The van der Waals surface area contributed by atoms with E-state index >= 15 is 0 Å². The largest absolute Gasteiger partial charge is 0.378 e. The molecule has 3 aromatic rings. The summed E-state index contributed by atoms with van der Waals surface area (Å²) in [6.07, 6.45) is 2.82. The molecule has 0 saturated heterocycles. The van der Waals surface area contributed by atoms with Crippen molar-refractivity contribution in [3.05, 3.63) is 52.9 Å². The molecule has 25 heavy (non-hydrogen) atoms. The molecule has 4 N–H and O–H groups in total. The summed E-state index contributed by atoms with van der Waals surface area (Å²) in [4.78, 5) is 12.6. The second-order valence-corrected chi connectivity index (χ2v) is 5.47. The smallest absolute Gasteiger partial charge is 0.290 e. The average Bonchev–Trinajstić information content (AvgIpc) is 3.31. The number of hydrogen-bond acceptors (Lipinski definition) is 8. The van der Waals surface area contributed by atoms with Crippen LogP contribution < -0.4 is 16.6 Å². The Hall–Kier alpha value is -3.69. The maximum absolute atomic E-state index is 12.6. The van der Waals surface area contributed by atoms with Gasteiger partial charge < -0.3 is 5.73 Å². The molecule has 0 fully saturated rings. The number of nitrogens with zero attached hydrogens (tertiary/aromatic N) is 5. The first-order valence-electron chi connectivity index (χ1n) is 7.50. The first-order chi connectivity index (χ1) is 12.1. The van der Waals surface area contributed by atoms with E-state index in [4.69, 9.17) is 5.73 Å². The molecular weight excluding hydrogens is 324 g/mol. The zero-order chi connectivity index (χ0) is 17.4. The molecule has 1 aliphatic rings. The van der Waals surface area contributed by atoms with E-state index in [0.717, 1.165) is 17.7 Å². The Labute approximate surface area is 141 Å². The Morgan fingerprint density at radius 3 is 2.96 bits per heavy atom. The molecule has 126 valence electrons. The maximum Gasteiger partial charge on any atom is 0.290 e. The maximum atomic E-state index is 12.6. The highest BCUT2D eigenvalue weighted by Gasteiger charge is 2.23. The van der Waals surface area contributed by atoms with Gasteiger partial charge in [-0.2, -0.15) is 4.68 Å². The van der Waals surface area contributed by atoms with Crippen molar-refractivity contribution in [1.82, 2.24) is 36.2 Å². The highest BCUT2D eigenvalue weighted by atomic mass is 16.6. The SMILES string of the molecule is Cc1nnn(-c2nonc2N)c1C(=O)NNC1=CCc2ccccc21. The van der Waals surface area contributed by atoms with Crippen molar-refractivity contribution in [2.75, 3.05) is 5.73 Å². The minimum Gasteiger partial charge on any atom is -0.378 e. The molecule has 2 heterocycles. The van der Waals surface area contributed by atoms with Crippen molar-refractivity contribution in [1.29, 1.82) is 0 Å².